The van der Waals surface area contributed by atoms with Crippen molar-refractivity contribution in [3.63, 3.8) is 0 Å². The first-order valence-electron chi connectivity index (χ1n) is 6.26. The van der Waals surface area contributed by atoms with E-state index in [1.807, 2.05) is 23.8 Å². The number of rotatable bonds is 5. The summed E-state index contributed by atoms with van der Waals surface area (Å²) in [7, 11) is 1.94. The zero-order valence-electron chi connectivity index (χ0n) is 10.8. The standard InChI is InChI=1S/C12H23N3OS/c1-10(12(13)17)8-14(2)9-11(16)15-6-4-3-5-7-15/h10H,3-9H2,1-2H3,(H2,13,17). The van der Waals surface area contributed by atoms with E-state index >= 15 is 0 Å². The third-order valence-corrected chi connectivity index (χ3v) is 3.59. The average molecular weight is 257 g/mol. The summed E-state index contributed by atoms with van der Waals surface area (Å²) in [5.41, 5.74) is 5.57. The highest BCUT2D eigenvalue weighted by Crippen LogP contribution is 2.09. The molecule has 1 rings (SSSR count). The minimum Gasteiger partial charge on any atom is -0.393 e. The topological polar surface area (TPSA) is 49.6 Å². The second kappa shape index (κ2) is 6.91. The van der Waals surface area contributed by atoms with Gasteiger partial charge in [0.25, 0.3) is 0 Å². The van der Waals surface area contributed by atoms with Crippen LogP contribution in [0.1, 0.15) is 26.2 Å². The number of nitrogens with zero attached hydrogens (tertiary/aromatic N) is 2. The minimum atomic E-state index is 0.157. The van der Waals surface area contributed by atoms with Gasteiger partial charge in [-0.3, -0.25) is 9.69 Å². The third kappa shape index (κ3) is 5.00. The SMILES string of the molecule is CC(CN(C)CC(=O)N1CCCCC1)C(N)=S. The Hall–Kier alpha value is -0.680. The van der Waals surface area contributed by atoms with E-state index in [0.29, 0.717) is 11.5 Å². The van der Waals surface area contributed by atoms with E-state index in [-0.39, 0.29) is 11.8 Å². The van der Waals surface area contributed by atoms with Crippen molar-refractivity contribution in [1.82, 2.24) is 9.80 Å². The van der Waals surface area contributed by atoms with Gasteiger partial charge in [0.15, 0.2) is 0 Å². The maximum atomic E-state index is 12.0. The Morgan fingerprint density at radius 3 is 2.53 bits per heavy atom. The van der Waals surface area contributed by atoms with Crippen LogP contribution in [0.15, 0.2) is 0 Å². The quantitative estimate of drug-likeness (QED) is 0.742. The van der Waals surface area contributed by atoms with Crippen LogP contribution in [-0.2, 0) is 4.79 Å². The number of nitrogens with two attached hydrogens (primary N) is 1. The molecule has 98 valence electrons. The predicted octanol–water partition coefficient (Wildman–Crippen LogP) is 0.853. The lowest BCUT2D eigenvalue weighted by molar-refractivity contribution is -0.133. The van der Waals surface area contributed by atoms with Gasteiger partial charge in [0, 0.05) is 25.6 Å². The van der Waals surface area contributed by atoms with Crippen LogP contribution in [0, 0.1) is 5.92 Å². The minimum absolute atomic E-state index is 0.157. The molecular weight excluding hydrogens is 234 g/mol. The first kappa shape index (κ1) is 14.4. The highest BCUT2D eigenvalue weighted by Gasteiger charge is 2.18. The molecule has 1 unspecified atom stereocenters. The molecular formula is C12H23N3OS. The molecule has 1 saturated heterocycles. The number of likely N-dealkylation sites (tertiary alicyclic amines) is 1. The molecule has 1 aliphatic heterocycles. The molecule has 0 aliphatic carbocycles. The van der Waals surface area contributed by atoms with Gasteiger partial charge in [0.2, 0.25) is 5.91 Å². The molecule has 1 heterocycles. The molecule has 0 saturated carbocycles. The fourth-order valence-electron chi connectivity index (χ4n) is 2.10. The van der Waals surface area contributed by atoms with Crippen molar-refractivity contribution in [3.05, 3.63) is 0 Å². The highest BCUT2D eigenvalue weighted by atomic mass is 32.1. The van der Waals surface area contributed by atoms with Gasteiger partial charge >= 0.3 is 0 Å². The van der Waals surface area contributed by atoms with Gasteiger partial charge in [-0.25, -0.2) is 0 Å². The lowest BCUT2D eigenvalue weighted by Crippen LogP contribution is -2.43. The summed E-state index contributed by atoms with van der Waals surface area (Å²) in [4.78, 5) is 16.5. The molecule has 1 amide bonds. The van der Waals surface area contributed by atoms with E-state index in [0.717, 1.165) is 32.5 Å². The molecule has 1 atom stereocenters. The van der Waals surface area contributed by atoms with Crippen LogP contribution in [0.5, 0.6) is 0 Å². The Morgan fingerprint density at radius 1 is 1.41 bits per heavy atom. The number of likely N-dealkylation sites (N-methyl/N-ethyl adjacent to an activating group) is 1. The summed E-state index contributed by atoms with van der Waals surface area (Å²) in [5.74, 6) is 0.381. The molecule has 0 bridgehead atoms. The van der Waals surface area contributed by atoms with E-state index in [4.69, 9.17) is 18.0 Å². The van der Waals surface area contributed by atoms with E-state index in [2.05, 4.69) is 0 Å². The number of piperidine rings is 1. The summed E-state index contributed by atoms with van der Waals surface area (Å²) in [6.45, 7) is 5.03. The number of amides is 1. The van der Waals surface area contributed by atoms with Crippen molar-refractivity contribution < 1.29 is 4.79 Å². The van der Waals surface area contributed by atoms with Crippen molar-refractivity contribution in [2.24, 2.45) is 11.7 Å². The van der Waals surface area contributed by atoms with E-state index < -0.39 is 0 Å². The van der Waals surface area contributed by atoms with Crippen LogP contribution in [-0.4, -0.2) is 53.9 Å². The fraction of sp³-hybridized carbons (Fsp3) is 0.833. The zero-order valence-corrected chi connectivity index (χ0v) is 11.6. The van der Waals surface area contributed by atoms with Gasteiger partial charge in [-0.2, -0.15) is 0 Å². The van der Waals surface area contributed by atoms with Crippen molar-refractivity contribution in [1.29, 1.82) is 0 Å². The normalized spacial score (nSPS) is 18.2. The molecule has 0 spiro atoms. The van der Waals surface area contributed by atoms with Crippen LogP contribution in [0.2, 0.25) is 0 Å². The highest BCUT2D eigenvalue weighted by molar-refractivity contribution is 7.80. The molecule has 0 aromatic rings. The Balaban J connectivity index is 2.31. The molecule has 17 heavy (non-hydrogen) atoms. The lowest BCUT2D eigenvalue weighted by atomic mass is 10.1. The summed E-state index contributed by atoms with van der Waals surface area (Å²) >= 11 is 4.93. The predicted molar refractivity (Wildman–Crippen MR) is 73.9 cm³/mol. The monoisotopic (exact) mass is 257 g/mol. The van der Waals surface area contributed by atoms with Gasteiger partial charge in [0.1, 0.15) is 0 Å². The van der Waals surface area contributed by atoms with E-state index in [1.165, 1.54) is 6.42 Å². The van der Waals surface area contributed by atoms with Crippen LogP contribution >= 0.6 is 12.2 Å². The average Bonchev–Trinajstić information content (AvgIpc) is 2.29. The Kier molecular flexibility index (Phi) is 5.85. The Bertz CT molecular complexity index is 277. The maximum absolute atomic E-state index is 12.0. The summed E-state index contributed by atoms with van der Waals surface area (Å²) in [5, 5.41) is 0. The zero-order chi connectivity index (χ0) is 12.8. The number of hydrogen-bond acceptors (Lipinski definition) is 3. The lowest BCUT2D eigenvalue weighted by Gasteiger charge is -2.29. The van der Waals surface area contributed by atoms with Crippen molar-refractivity contribution in [2.45, 2.75) is 26.2 Å². The van der Waals surface area contributed by atoms with Gasteiger partial charge in [0.05, 0.1) is 11.5 Å². The fourth-order valence-corrected chi connectivity index (χ4v) is 2.17. The van der Waals surface area contributed by atoms with Crippen molar-refractivity contribution in [2.75, 3.05) is 33.2 Å². The number of carbonyl (C=O) groups is 1. The number of hydrogen-bond donors (Lipinski definition) is 1. The molecule has 2 N–H and O–H groups in total. The van der Waals surface area contributed by atoms with Gasteiger partial charge < -0.3 is 10.6 Å². The van der Waals surface area contributed by atoms with Gasteiger partial charge in [-0.1, -0.05) is 19.1 Å². The molecule has 5 heteroatoms. The van der Waals surface area contributed by atoms with Gasteiger partial charge in [-0.05, 0) is 26.3 Å². The van der Waals surface area contributed by atoms with Crippen LogP contribution in [0.4, 0.5) is 0 Å². The number of thiocarbonyl (C=S) groups is 1. The van der Waals surface area contributed by atoms with E-state index in [9.17, 15) is 4.79 Å². The first-order chi connectivity index (χ1) is 8.00. The second-order valence-electron chi connectivity index (χ2n) is 4.94. The number of carbonyl (C=O) groups excluding carboxylic acids is 1. The molecule has 0 aromatic carbocycles. The van der Waals surface area contributed by atoms with Crippen molar-refractivity contribution in [3.8, 4) is 0 Å². The van der Waals surface area contributed by atoms with Crippen molar-refractivity contribution >= 4 is 23.1 Å². The Labute approximate surface area is 109 Å². The molecule has 1 fully saturated rings. The third-order valence-electron chi connectivity index (χ3n) is 3.19. The summed E-state index contributed by atoms with van der Waals surface area (Å²) in [6.07, 6.45) is 3.52. The molecule has 4 nitrogen and oxygen atoms in total. The molecule has 0 radical (unpaired) electrons. The second-order valence-corrected chi connectivity index (χ2v) is 5.41. The van der Waals surface area contributed by atoms with Gasteiger partial charge in [-0.15, -0.1) is 0 Å². The maximum Gasteiger partial charge on any atom is 0.236 e. The first-order valence-corrected chi connectivity index (χ1v) is 6.67. The Morgan fingerprint density at radius 2 is 2.00 bits per heavy atom. The molecule has 1 aliphatic rings. The van der Waals surface area contributed by atoms with Crippen LogP contribution < -0.4 is 5.73 Å². The largest absolute Gasteiger partial charge is 0.393 e. The molecule has 0 aromatic heterocycles. The summed E-state index contributed by atoms with van der Waals surface area (Å²) in [6, 6.07) is 0. The van der Waals surface area contributed by atoms with E-state index in [1.54, 1.807) is 0 Å². The van der Waals surface area contributed by atoms with Crippen LogP contribution in [0.25, 0.3) is 0 Å². The van der Waals surface area contributed by atoms with Crippen LogP contribution in [0.3, 0.4) is 0 Å². The smallest absolute Gasteiger partial charge is 0.236 e. The summed E-state index contributed by atoms with van der Waals surface area (Å²) < 4.78 is 0.